The van der Waals surface area contributed by atoms with Crippen molar-refractivity contribution in [3.8, 4) is 0 Å². The molecule has 0 fully saturated rings. The van der Waals surface area contributed by atoms with Gasteiger partial charge in [0.05, 0.1) is 10.7 Å². The molecular weight excluding hydrogens is 268 g/mol. The lowest BCUT2D eigenvalue weighted by atomic mass is 10.1. The number of nitrogens with zero attached hydrogens (tertiary/aromatic N) is 1. The SMILES string of the molecule is CCN1CCc2c(NC)sc(C(=O)c3ccccc3)c21. The van der Waals surface area contributed by atoms with Crippen LogP contribution in [0.5, 0.6) is 0 Å². The summed E-state index contributed by atoms with van der Waals surface area (Å²) >= 11 is 1.58. The minimum atomic E-state index is 0.133. The predicted octanol–water partition coefficient (Wildman–Crippen LogP) is 3.40. The van der Waals surface area contributed by atoms with E-state index in [1.54, 1.807) is 11.3 Å². The lowest BCUT2D eigenvalue weighted by Gasteiger charge is -2.17. The Labute approximate surface area is 123 Å². The highest BCUT2D eigenvalue weighted by atomic mass is 32.1. The van der Waals surface area contributed by atoms with Crippen molar-refractivity contribution < 1.29 is 4.79 Å². The molecule has 1 aliphatic rings. The topological polar surface area (TPSA) is 32.3 Å². The molecule has 1 N–H and O–H groups in total. The molecule has 104 valence electrons. The fourth-order valence-electron chi connectivity index (χ4n) is 2.77. The Morgan fingerprint density at radius 1 is 1.35 bits per heavy atom. The molecule has 0 spiro atoms. The van der Waals surface area contributed by atoms with Crippen molar-refractivity contribution in [2.75, 3.05) is 30.4 Å². The number of benzene rings is 1. The molecule has 0 unspecified atom stereocenters. The molecule has 0 saturated carbocycles. The Hall–Kier alpha value is -1.81. The Morgan fingerprint density at radius 3 is 2.75 bits per heavy atom. The van der Waals surface area contributed by atoms with Gasteiger partial charge in [-0.3, -0.25) is 4.79 Å². The maximum atomic E-state index is 12.8. The van der Waals surface area contributed by atoms with Gasteiger partial charge in [-0.2, -0.15) is 0 Å². The lowest BCUT2D eigenvalue weighted by molar-refractivity contribution is 0.104. The number of hydrogen-bond acceptors (Lipinski definition) is 4. The summed E-state index contributed by atoms with van der Waals surface area (Å²) in [6.07, 6.45) is 1.03. The van der Waals surface area contributed by atoms with Crippen LogP contribution in [-0.4, -0.2) is 25.9 Å². The summed E-state index contributed by atoms with van der Waals surface area (Å²) in [5.74, 6) is 0.133. The number of thiophene rings is 1. The first-order chi connectivity index (χ1) is 9.76. The highest BCUT2D eigenvalue weighted by Gasteiger charge is 2.30. The van der Waals surface area contributed by atoms with Crippen LogP contribution in [0, 0.1) is 0 Å². The van der Waals surface area contributed by atoms with Crippen molar-refractivity contribution in [1.82, 2.24) is 0 Å². The minimum absolute atomic E-state index is 0.133. The number of carbonyl (C=O) groups excluding carboxylic acids is 1. The van der Waals surface area contributed by atoms with Crippen LogP contribution in [0.25, 0.3) is 0 Å². The van der Waals surface area contributed by atoms with Gasteiger partial charge in [0.2, 0.25) is 5.78 Å². The average molecular weight is 286 g/mol. The van der Waals surface area contributed by atoms with Crippen LogP contribution in [0.4, 0.5) is 10.7 Å². The molecule has 20 heavy (non-hydrogen) atoms. The van der Waals surface area contributed by atoms with Gasteiger partial charge in [0.15, 0.2) is 0 Å². The van der Waals surface area contributed by atoms with Gasteiger partial charge < -0.3 is 10.2 Å². The number of likely N-dealkylation sites (N-methyl/N-ethyl adjacent to an activating group) is 1. The van der Waals surface area contributed by atoms with E-state index in [4.69, 9.17) is 0 Å². The molecule has 3 nitrogen and oxygen atoms in total. The molecular formula is C16H18N2OS. The fraction of sp³-hybridized carbons (Fsp3) is 0.312. The van der Waals surface area contributed by atoms with Gasteiger partial charge in [-0.25, -0.2) is 0 Å². The zero-order chi connectivity index (χ0) is 14.1. The molecule has 0 bridgehead atoms. The van der Waals surface area contributed by atoms with Crippen molar-refractivity contribution in [2.24, 2.45) is 0 Å². The van der Waals surface area contributed by atoms with Gasteiger partial charge in [0, 0.05) is 31.3 Å². The number of fused-ring (bicyclic) bond motifs is 1. The second-order valence-electron chi connectivity index (χ2n) is 4.86. The van der Waals surface area contributed by atoms with Crippen LogP contribution in [0.15, 0.2) is 30.3 Å². The molecule has 1 aliphatic heterocycles. The highest BCUT2D eigenvalue weighted by molar-refractivity contribution is 7.19. The summed E-state index contributed by atoms with van der Waals surface area (Å²) in [6.45, 7) is 4.10. The smallest absolute Gasteiger partial charge is 0.205 e. The molecule has 0 amide bonds. The molecule has 0 saturated heterocycles. The first-order valence-electron chi connectivity index (χ1n) is 6.94. The highest BCUT2D eigenvalue weighted by Crippen LogP contribution is 2.44. The standard InChI is InChI=1S/C16H18N2OS/c1-3-18-10-9-12-13(18)15(20-16(12)17-2)14(19)11-7-5-4-6-8-11/h4-8,17H,3,9-10H2,1-2H3. The zero-order valence-electron chi connectivity index (χ0n) is 11.8. The second kappa shape index (κ2) is 5.29. The van der Waals surface area contributed by atoms with E-state index in [-0.39, 0.29) is 5.78 Å². The summed E-state index contributed by atoms with van der Waals surface area (Å²) in [4.78, 5) is 15.9. The van der Waals surface area contributed by atoms with Crippen molar-refractivity contribution in [2.45, 2.75) is 13.3 Å². The molecule has 1 aromatic heterocycles. The maximum Gasteiger partial charge on any atom is 0.205 e. The number of carbonyl (C=O) groups is 1. The quantitative estimate of drug-likeness (QED) is 0.874. The third-order valence-corrected chi connectivity index (χ3v) is 5.02. The van der Waals surface area contributed by atoms with Gasteiger partial charge in [-0.15, -0.1) is 11.3 Å². The van der Waals surface area contributed by atoms with Gasteiger partial charge in [-0.05, 0) is 13.3 Å². The van der Waals surface area contributed by atoms with Crippen LogP contribution in [0.2, 0.25) is 0 Å². The monoisotopic (exact) mass is 286 g/mol. The van der Waals surface area contributed by atoms with Crippen LogP contribution in [0.3, 0.4) is 0 Å². The van der Waals surface area contributed by atoms with E-state index in [1.807, 2.05) is 37.4 Å². The molecule has 2 heterocycles. The number of anilines is 2. The molecule has 1 aromatic carbocycles. The molecule has 2 aromatic rings. The van der Waals surface area contributed by atoms with E-state index in [9.17, 15) is 4.79 Å². The fourth-order valence-corrected chi connectivity index (χ4v) is 3.96. The van der Waals surface area contributed by atoms with Crippen molar-refractivity contribution in [3.05, 3.63) is 46.3 Å². The first-order valence-corrected chi connectivity index (χ1v) is 7.76. The van der Waals surface area contributed by atoms with Crippen molar-refractivity contribution >= 4 is 27.8 Å². The second-order valence-corrected chi connectivity index (χ2v) is 5.88. The van der Waals surface area contributed by atoms with Crippen LogP contribution >= 0.6 is 11.3 Å². The van der Waals surface area contributed by atoms with Crippen molar-refractivity contribution in [1.29, 1.82) is 0 Å². The van der Waals surface area contributed by atoms with E-state index in [0.29, 0.717) is 0 Å². The van der Waals surface area contributed by atoms with Gasteiger partial charge >= 0.3 is 0 Å². The molecule has 0 atom stereocenters. The Balaban J connectivity index is 2.09. The van der Waals surface area contributed by atoms with E-state index in [0.717, 1.165) is 40.6 Å². The van der Waals surface area contributed by atoms with Gasteiger partial charge in [-0.1, -0.05) is 30.3 Å². The summed E-state index contributed by atoms with van der Waals surface area (Å²) < 4.78 is 0. The van der Waals surface area contributed by atoms with Crippen LogP contribution in [-0.2, 0) is 6.42 Å². The normalized spacial score (nSPS) is 13.4. The Kier molecular flexibility index (Phi) is 3.49. The van der Waals surface area contributed by atoms with Gasteiger partial charge in [0.1, 0.15) is 4.88 Å². The Bertz CT molecular complexity index is 633. The average Bonchev–Trinajstić information content (AvgIpc) is 3.07. The summed E-state index contributed by atoms with van der Waals surface area (Å²) in [7, 11) is 1.93. The van der Waals surface area contributed by atoms with Gasteiger partial charge in [0.25, 0.3) is 0 Å². The summed E-state index contributed by atoms with van der Waals surface area (Å²) in [5.41, 5.74) is 3.22. The third-order valence-electron chi connectivity index (χ3n) is 3.78. The number of hydrogen-bond donors (Lipinski definition) is 1. The largest absolute Gasteiger partial charge is 0.380 e. The van der Waals surface area contributed by atoms with E-state index in [2.05, 4.69) is 17.1 Å². The zero-order valence-corrected chi connectivity index (χ0v) is 12.6. The maximum absolute atomic E-state index is 12.8. The number of nitrogens with one attached hydrogen (secondary N) is 1. The Morgan fingerprint density at radius 2 is 2.10 bits per heavy atom. The van der Waals surface area contributed by atoms with Crippen molar-refractivity contribution in [3.63, 3.8) is 0 Å². The summed E-state index contributed by atoms with van der Waals surface area (Å²) in [6, 6.07) is 9.54. The molecule has 4 heteroatoms. The minimum Gasteiger partial charge on any atom is -0.380 e. The molecule has 0 aliphatic carbocycles. The first kappa shape index (κ1) is 13.2. The van der Waals surface area contributed by atoms with E-state index >= 15 is 0 Å². The number of rotatable bonds is 4. The predicted molar refractivity (Wildman–Crippen MR) is 85.3 cm³/mol. The molecule has 0 radical (unpaired) electrons. The third kappa shape index (κ3) is 2.00. The molecule has 3 rings (SSSR count). The van der Waals surface area contributed by atoms with Crippen LogP contribution in [0.1, 0.15) is 27.7 Å². The van der Waals surface area contributed by atoms with Crippen LogP contribution < -0.4 is 10.2 Å². The van der Waals surface area contributed by atoms with E-state index < -0.39 is 0 Å². The number of ketones is 1. The van der Waals surface area contributed by atoms with E-state index in [1.165, 1.54) is 5.56 Å². The summed E-state index contributed by atoms with van der Waals surface area (Å²) in [5, 5.41) is 4.37. The lowest BCUT2D eigenvalue weighted by Crippen LogP contribution is -2.21.